The van der Waals surface area contributed by atoms with Crippen molar-refractivity contribution in [3.05, 3.63) is 0 Å². The van der Waals surface area contributed by atoms with E-state index in [2.05, 4.69) is 20.1 Å². The predicted octanol–water partition coefficient (Wildman–Crippen LogP) is 2.04. The van der Waals surface area contributed by atoms with Crippen LogP contribution >= 0.6 is 7.55 Å². The lowest BCUT2D eigenvalue weighted by molar-refractivity contribution is 0.255. The topological polar surface area (TPSA) is 9.23 Å². The van der Waals surface area contributed by atoms with Gasteiger partial charge < -0.3 is 4.74 Å². The quantitative estimate of drug-likeness (QED) is 0.554. The Morgan fingerprint density at radius 2 is 2.22 bits per heavy atom. The lowest BCUT2D eigenvalue weighted by Gasteiger charge is -2.11. The van der Waals surface area contributed by atoms with Crippen LogP contribution in [0, 0.1) is 0 Å². The molecule has 0 rings (SSSR count). The zero-order valence-electron chi connectivity index (χ0n) is 6.61. The molecule has 0 fully saturated rings. The third-order valence-corrected chi connectivity index (χ3v) is 4.10. The van der Waals surface area contributed by atoms with E-state index in [9.17, 15) is 0 Å². The van der Waals surface area contributed by atoms with Gasteiger partial charge in [-0.1, -0.05) is 21.4 Å². The summed E-state index contributed by atoms with van der Waals surface area (Å²) in [7, 11) is 1.31. The van der Waals surface area contributed by atoms with Gasteiger partial charge in [0.2, 0.25) is 0 Å². The van der Waals surface area contributed by atoms with Crippen molar-refractivity contribution in [1.29, 1.82) is 0 Å². The zero-order valence-corrected chi connectivity index (χ0v) is 7.61. The van der Waals surface area contributed by atoms with Crippen LogP contribution in [0.1, 0.15) is 20.3 Å². The van der Waals surface area contributed by atoms with Crippen LogP contribution < -0.4 is 0 Å². The van der Waals surface area contributed by atoms with Gasteiger partial charge in [-0.3, -0.25) is 0 Å². The first-order chi connectivity index (χ1) is 4.22. The molecule has 2 heteroatoms. The van der Waals surface area contributed by atoms with E-state index in [-0.39, 0.29) is 0 Å². The molecule has 9 heavy (non-hydrogen) atoms. The van der Waals surface area contributed by atoms with E-state index in [4.69, 9.17) is 4.74 Å². The minimum atomic E-state index is -0.441. The Morgan fingerprint density at radius 1 is 1.67 bits per heavy atom. The van der Waals surface area contributed by atoms with Crippen molar-refractivity contribution < 1.29 is 4.74 Å². The highest BCUT2D eigenvalue weighted by atomic mass is 31.1. The van der Waals surface area contributed by atoms with Crippen molar-refractivity contribution in [2.45, 2.75) is 25.9 Å². The molecule has 0 aliphatic carbocycles. The summed E-state index contributed by atoms with van der Waals surface area (Å²) in [5.74, 6) is 0. The van der Waals surface area contributed by atoms with Crippen LogP contribution in [0.25, 0.3) is 0 Å². The van der Waals surface area contributed by atoms with E-state index in [1.165, 1.54) is 6.42 Å². The highest BCUT2D eigenvalue weighted by Crippen LogP contribution is 2.28. The van der Waals surface area contributed by atoms with Crippen LogP contribution in [0.15, 0.2) is 0 Å². The maximum Gasteiger partial charge on any atom is 0.0624 e. The van der Waals surface area contributed by atoms with E-state index < -0.39 is 7.55 Å². The third-order valence-electron chi connectivity index (χ3n) is 1.64. The number of hydrogen-bond donors (Lipinski definition) is 0. The molecule has 0 heterocycles. The number of hydrogen-bond acceptors (Lipinski definition) is 1. The maximum absolute atomic E-state index is 5.01. The van der Waals surface area contributed by atoms with E-state index in [0.29, 0.717) is 0 Å². The average Bonchev–Trinajstić information content (AvgIpc) is 1.87. The largest absolute Gasteiger partial charge is 0.381 e. The second-order valence-corrected chi connectivity index (χ2v) is 4.99. The third kappa shape index (κ3) is 3.77. The van der Waals surface area contributed by atoms with Crippen LogP contribution in [-0.2, 0) is 4.74 Å². The minimum absolute atomic E-state index is 0.441. The van der Waals surface area contributed by atoms with Crippen molar-refractivity contribution in [3.63, 3.8) is 0 Å². The summed E-state index contributed by atoms with van der Waals surface area (Å²) >= 11 is 0. The molecule has 56 valence electrons. The first kappa shape index (κ1) is 9.26. The van der Waals surface area contributed by atoms with Crippen LogP contribution in [0.3, 0.4) is 0 Å². The van der Waals surface area contributed by atoms with Gasteiger partial charge in [-0.2, -0.15) is 0 Å². The predicted molar refractivity (Wildman–Crippen MR) is 47.1 cm³/mol. The summed E-state index contributed by atoms with van der Waals surface area (Å²) in [4.78, 5) is 0. The SMILES string of the molecule is C=[PH](COC)C(C)CC. The average molecular weight is 148 g/mol. The van der Waals surface area contributed by atoms with Gasteiger partial charge in [0.25, 0.3) is 0 Å². The first-order valence-electron chi connectivity index (χ1n) is 3.39. The summed E-state index contributed by atoms with van der Waals surface area (Å²) in [6, 6.07) is 0. The minimum Gasteiger partial charge on any atom is -0.381 e. The molecule has 2 atom stereocenters. The fourth-order valence-corrected chi connectivity index (χ4v) is 1.85. The lowest BCUT2D eigenvalue weighted by Crippen LogP contribution is -1.96. The van der Waals surface area contributed by atoms with E-state index in [1.54, 1.807) is 7.11 Å². The van der Waals surface area contributed by atoms with Gasteiger partial charge in [-0.05, 0) is 12.1 Å². The normalized spacial score (nSPS) is 17.2. The van der Waals surface area contributed by atoms with Crippen LogP contribution in [0.5, 0.6) is 0 Å². The molecule has 0 spiro atoms. The molecule has 2 unspecified atom stereocenters. The molecular weight excluding hydrogens is 131 g/mol. The standard InChI is InChI=1S/C7H17OP/c1-5-7(2)9(4)6-8-3/h7,9H,4-6H2,1-3H3. The molecule has 0 radical (unpaired) electrons. The molecule has 0 aromatic rings. The van der Waals surface area contributed by atoms with Crippen LogP contribution in [0.2, 0.25) is 0 Å². The summed E-state index contributed by atoms with van der Waals surface area (Å²) in [5, 5.41) is 0. The Bertz CT molecular complexity index is 90.9. The van der Waals surface area contributed by atoms with Gasteiger partial charge in [-0.25, -0.2) is 0 Å². The van der Waals surface area contributed by atoms with Crippen molar-refractivity contribution in [2.24, 2.45) is 0 Å². The molecule has 0 aliphatic heterocycles. The highest BCUT2D eigenvalue weighted by Gasteiger charge is 2.00. The molecule has 1 nitrogen and oxygen atoms in total. The van der Waals surface area contributed by atoms with Crippen LogP contribution in [-0.4, -0.2) is 25.4 Å². The molecule has 0 aromatic heterocycles. The van der Waals surface area contributed by atoms with Crippen molar-refractivity contribution in [2.75, 3.05) is 13.5 Å². The smallest absolute Gasteiger partial charge is 0.0624 e. The maximum atomic E-state index is 5.01. The second-order valence-electron chi connectivity index (χ2n) is 2.40. The number of rotatable bonds is 4. The van der Waals surface area contributed by atoms with E-state index in [1.807, 2.05) is 0 Å². The van der Waals surface area contributed by atoms with Crippen molar-refractivity contribution in [1.82, 2.24) is 0 Å². The second kappa shape index (κ2) is 5.08. The number of methoxy groups -OCH3 is 1. The van der Waals surface area contributed by atoms with Gasteiger partial charge in [0.1, 0.15) is 0 Å². The monoisotopic (exact) mass is 148 g/mol. The molecule has 0 N–H and O–H groups in total. The fraction of sp³-hybridized carbons (Fsp3) is 0.857. The molecule has 0 bridgehead atoms. The van der Waals surface area contributed by atoms with Gasteiger partial charge in [0.15, 0.2) is 0 Å². The van der Waals surface area contributed by atoms with Gasteiger partial charge in [0, 0.05) is 7.11 Å². The molecule has 0 amide bonds. The lowest BCUT2D eigenvalue weighted by atomic mass is 10.4. The van der Waals surface area contributed by atoms with Gasteiger partial charge in [0.05, 0.1) is 6.35 Å². The fourth-order valence-electron chi connectivity index (χ4n) is 0.616. The highest BCUT2D eigenvalue weighted by molar-refractivity contribution is 7.56. The summed E-state index contributed by atoms with van der Waals surface area (Å²) < 4.78 is 5.01. The van der Waals surface area contributed by atoms with Gasteiger partial charge in [-0.15, -0.1) is 6.30 Å². The Morgan fingerprint density at radius 3 is 2.56 bits per heavy atom. The summed E-state index contributed by atoms with van der Waals surface area (Å²) in [6.07, 6.45) is 6.20. The molecular formula is C7H17OP. The molecule has 0 aromatic carbocycles. The Hall–Kier alpha value is 0.260. The molecule has 0 saturated heterocycles. The Balaban J connectivity index is 3.46. The van der Waals surface area contributed by atoms with Crippen LogP contribution in [0.4, 0.5) is 0 Å². The number of ether oxygens (including phenoxy) is 1. The Kier molecular flexibility index (Phi) is 5.22. The van der Waals surface area contributed by atoms with Crippen molar-refractivity contribution in [3.8, 4) is 0 Å². The Labute approximate surface area is 58.8 Å². The molecule has 0 saturated carbocycles. The van der Waals surface area contributed by atoms with Gasteiger partial charge >= 0.3 is 0 Å². The molecule has 0 aliphatic rings. The first-order valence-corrected chi connectivity index (χ1v) is 5.38. The summed E-state index contributed by atoms with van der Waals surface area (Å²) in [5.41, 5.74) is 0.787. The van der Waals surface area contributed by atoms with E-state index in [0.717, 1.165) is 12.0 Å². The summed E-state index contributed by atoms with van der Waals surface area (Å²) in [6.45, 7) is 4.45. The zero-order chi connectivity index (χ0) is 7.28. The van der Waals surface area contributed by atoms with Crippen molar-refractivity contribution >= 4 is 13.8 Å². The van der Waals surface area contributed by atoms with E-state index >= 15 is 0 Å².